The van der Waals surface area contributed by atoms with Gasteiger partial charge in [0.05, 0.1) is 4.90 Å². The SMILES string of the molecule is Cc1ccc(CSc2cc3ccccc3[n+](CCCCCC3CCCCC3)c2)cc1.[I-]. The van der Waals surface area contributed by atoms with Crippen molar-refractivity contribution in [2.45, 2.75) is 81.9 Å². The van der Waals surface area contributed by atoms with Crippen LogP contribution in [0.4, 0.5) is 0 Å². The third kappa shape index (κ3) is 7.49. The second kappa shape index (κ2) is 12.8. The zero-order chi connectivity index (χ0) is 20.6. The van der Waals surface area contributed by atoms with E-state index in [0.717, 1.165) is 18.2 Å². The van der Waals surface area contributed by atoms with Crippen LogP contribution in [-0.2, 0) is 12.3 Å². The molecule has 1 aliphatic carbocycles. The molecule has 1 aromatic heterocycles. The number of hydrogen-bond donors (Lipinski definition) is 0. The van der Waals surface area contributed by atoms with Gasteiger partial charge >= 0.3 is 0 Å². The molecule has 0 amide bonds. The molecular weight excluding hydrogens is 509 g/mol. The summed E-state index contributed by atoms with van der Waals surface area (Å²) in [5, 5.41) is 1.36. The van der Waals surface area contributed by atoms with Crippen molar-refractivity contribution in [3.8, 4) is 0 Å². The van der Waals surface area contributed by atoms with Crippen molar-refractivity contribution in [2.24, 2.45) is 5.92 Å². The molecule has 0 atom stereocenters. The largest absolute Gasteiger partial charge is 1.00 e. The van der Waals surface area contributed by atoms with Gasteiger partial charge in [0.1, 0.15) is 6.54 Å². The van der Waals surface area contributed by atoms with Gasteiger partial charge in [0.2, 0.25) is 5.52 Å². The molecule has 1 nitrogen and oxygen atoms in total. The van der Waals surface area contributed by atoms with E-state index in [1.165, 1.54) is 84.7 Å². The highest BCUT2D eigenvalue weighted by Gasteiger charge is 2.14. The molecule has 166 valence electrons. The number of para-hydroxylation sites is 1. The van der Waals surface area contributed by atoms with Gasteiger partial charge in [-0.15, -0.1) is 11.8 Å². The molecule has 31 heavy (non-hydrogen) atoms. The molecule has 0 radical (unpaired) electrons. The minimum absolute atomic E-state index is 0. The molecule has 4 rings (SSSR count). The van der Waals surface area contributed by atoms with Crippen molar-refractivity contribution in [1.29, 1.82) is 0 Å². The molecule has 0 saturated heterocycles. The second-order valence-electron chi connectivity index (χ2n) is 9.06. The van der Waals surface area contributed by atoms with E-state index in [0.29, 0.717) is 0 Å². The molecule has 2 aromatic carbocycles. The van der Waals surface area contributed by atoms with Crippen LogP contribution in [0.2, 0.25) is 0 Å². The van der Waals surface area contributed by atoms with Gasteiger partial charge in [-0.25, -0.2) is 0 Å². The van der Waals surface area contributed by atoms with E-state index in [-0.39, 0.29) is 24.0 Å². The molecule has 1 aliphatic rings. The van der Waals surface area contributed by atoms with Gasteiger partial charge in [0.15, 0.2) is 6.20 Å². The van der Waals surface area contributed by atoms with E-state index < -0.39 is 0 Å². The Balaban J connectivity index is 0.00000272. The molecular formula is C28H36INS. The van der Waals surface area contributed by atoms with Crippen molar-refractivity contribution in [2.75, 3.05) is 0 Å². The third-order valence-corrected chi connectivity index (χ3v) is 7.62. The molecule has 0 unspecified atom stereocenters. The Morgan fingerprint density at radius 2 is 1.68 bits per heavy atom. The molecule has 0 N–H and O–H groups in total. The van der Waals surface area contributed by atoms with Gasteiger partial charge in [0, 0.05) is 23.6 Å². The van der Waals surface area contributed by atoms with Crippen molar-refractivity contribution < 1.29 is 28.5 Å². The number of unbranched alkanes of at least 4 members (excludes halogenated alkanes) is 2. The maximum atomic E-state index is 2.49. The van der Waals surface area contributed by atoms with E-state index in [1.54, 1.807) is 0 Å². The molecule has 0 aliphatic heterocycles. The molecule has 1 heterocycles. The van der Waals surface area contributed by atoms with Crippen molar-refractivity contribution in [3.63, 3.8) is 0 Å². The number of aromatic nitrogens is 1. The average Bonchev–Trinajstić information content (AvgIpc) is 2.79. The first-order valence-electron chi connectivity index (χ1n) is 11.9. The van der Waals surface area contributed by atoms with Gasteiger partial charge in [0.25, 0.3) is 0 Å². The lowest BCUT2D eigenvalue weighted by molar-refractivity contribution is -0.673. The lowest BCUT2D eigenvalue weighted by Gasteiger charge is -2.21. The predicted molar refractivity (Wildman–Crippen MR) is 130 cm³/mol. The zero-order valence-corrected chi connectivity index (χ0v) is 21.8. The fourth-order valence-electron chi connectivity index (χ4n) is 4.77. The molecule has 1 fully saturated rings. The summed E-state index contributed by atoms with van der Waals surface area (Å²) in [5.74, 6) is 2.05. The summed E-state index contributed by atoms with van der Waals surface area (Å²) in [6.45, 7) is 3.28. The van der Waals surface area contributed by atoms with Crippen LogP contribution in [0.25, 0.3) is 10.9 Å². The standard InChI is InChI=1S/C28H36NS.HI/c1-23-15-17-25(18-16-23)22-30-27-20-26-13-7-8-14-28(26)29(21-27)19-9-3-6-12-24-10-4-2-5-11-24;/h7-8,13-18,20-21,24H,2-6,9-12,19,22H2,1H3;1H/q+1;/p-1. The first-order chi connectivity index (χ1) is 14.8. The van der Waals surface area contributed by atoms with Crippen LogP contribution in [0, 0.1) is 12.8 Å². The summed E-state index contributed by atoms with van der Waals surface area (Å²) in [6, 6.07) is 20.1. The number of hydrogen-bond acceptors (Lipinski definition) is 1. The highest BCUT2D eigenvalue weighted by atomic mass is 127. The molecule has 1 saturated carbocycles. The first-order valence-corrected chi connectivity index (χ1v) is 12.9. The van der Waals surface area contributed by atoms with E-state index >= 15 is 0 Å². The van der Waals surface area contributed by atoms with E-state index in [1.807, 2.05) is 11.8 Å². The topological polar surface area (TPSA) is 3.88 Å². The fraction of sp³-hybridized carbons (Fsp3) is 0.464. The maximum absolute atomic E-state index is 2.49. The van der Waals surface area contributed by atoms with Crippen LogP contribution in [0.3, 0.4) is 0 Å². The predicted octanol–water partition coefficient (Wildman–Crippen LogP) is 4.87. The van der Waals surface area contributed by atoms with Crippen LogP contribution in [0.5, 0.6) is 0 Å². The average molecular weight is 546 g/mol. The molecule has 0 spiro atoms. The number of nitrogens with zero attached hydrogens (tertiary/aromatic N) is 1. The lowest BCUT2D eigenvalue weighted by atomic mass is 9.85. The van der Waals surface area contributed by atoms with Gasteiger partial charge in [-0.1, -0.05) is 86.9 Å². The lowest BCUT2D eigenvalue weighted by Crippen LogP contribution is -3.00. The number of rotatable bonds is 9. The quantitative estimate of drug-likeness (QED) is 0.161. The Bertz CT molecular complexity index is 931. The van der Waals surface area contributed by atoms with Crippen molar-refractivity contribution in [1.82, 2.24) is 0 Å². The highest BCUT2D eigenvalue weighted by Crippen LogP contribution is 2.28. The number of thioether (sulfide) groups is 1. The van der Waals surface area contributed by atoms with Crippen LogP contribution in [0.1, 0.15) is 68.9 Å². The zero-order valence-electron chi connectivity index (χ0n) is 18.9. The van der Waals surface area contributed by atoms with E-state index in [2.05, 4.69) is 72.3 Å². The maximum Gasteiger partial charge on any atom is 0.212 e. The van der Waals surface area contributed by atoms with Crippen molar-refractivity contribution in [3.05, 3.63) is 71.9 Å². The Morgan fingerprint density at radius 1 is 0.903 bits per heavy atom. The second-order valence-corrected chi connectivity index (χ2v) is 10.1. The molecule has 0 bridgehead atoms. The number of fused-ring (bicyclic) bond motifs is 1. The minimum Gasteiger partial charge on any atom is -1.00 e. The number of benzene rings is 2. The van der Waals surface area contributed by atoms with Gasteiger partial charge in [-0.2, -0.15) is 4.57 Å². The molecule has 3 heteroatoms. The number of aryl methyl sites for hydroxylation is 2. The minimum atomic E-state index is 0. The highest BCUT2D eigenvalue weighted by molar-refractivity contribution is 7.98. The van der Waals surface area contributed by atoms with Crippen LogP contribution < -0.4 is 28.5 Å². The van der Waals surface area contributed by atoms with Crippen LogP contribution in [0.15, 0.2) is 65.7 Å². The summed E-state index contributed by atoms with van der Waals surface area (Å²) in [5.41, 5.74) is 4.09. The summed E-state index contributed by atoms with van der Waals surface area (Å²) in [7, 11) is 0. The summed E-state index contributed by atoms with van der Waals surface area (Å²) in [4.78, 5) is 1.37. The van der Waals surface area contributed by atoms with Crippen LogP contribution >= 0.6 is 11.8 Å². The molecule has 3 aromatic rings. The third-order valence-electron chi connectivity index (χ3n) is 6.59. The normalized spacial score (nSPS) is 14.5. The smallest absolute Gasteiger partial charge is 0.212 e. The Kier molecular flexibility index (Phi) is 10.2. The van der Waals surface area contributed by atoms with Gasteiger partial charge in [-0.05, 0) is 37.0 Å². The van der Waals surface area contributed by atoms with E-state index in [9.17, 15) is 0 Å². The first kappa shape index (κ1) is 24.6. The Hall–Kier alpha value is -1.07. The van der Waals surface area contributed by atoms with Crippen LogP contribution in [-0.4, -0.2) is 0 Å². The van der Waals surface area contributed by atoms with Gasteiger partial charge < -0.3 is 24.0 Å². The summed E-state index contributed by atoms with van der Waals surface area (Å²) in [6.07, 6.45) is 15.3. The number of pyridine rings is 1. The fourth-order valence-corrected chi connectivity index (χ4v) is 5.71. The Morgan fingerprint density at radius 3 is 2.48 bits per heavy atom. The van der Waals surface area contributed by atoms with Gasteiger partial charge in [-0.3, -0.25) is 0 Å². The number of halogens is 1. The summed E-state index contributed by atoms with van der Waals surface area (Å²) >= 11 is 1.95. The summed E-state index contributed by atoms with van der Waals surface area (Å²) < 4.78 is 2.49. The van der Waals surface area contributed by atoms with Crippen molar-refractivity contribution >= 4 is 22.7 Å². The van der Waals surface area contributed by atoms with E-state index in [4.69, 9.17) is 0 Å². The Labute approximate surface area is 210 Å². The monoisotopic (exact) mass is 545 g/mol.